The van der Waals surface area contributed by atoms with Crippen LogP contribution in [-0.2, 0) is 4.79 Å². The van der Waals surface area contributed by atoms with Crippen molar-refractivity contribution in [2.45, 2.75) is 20.3 Å². The summed E-state index contributed by atoms with van der Waals surface area (Å²) >= 11 is 0. The van der Waals surface area contributed by atoms with Crippen molar-refractivity contribution < 1.29 is 19.4 Å². The van der Waals surface area contributed by atoms with Crippen molar-refractivity contribution in [3.8, 4) is 17.0 Å². The predicted octanol–water partition coefficient (Wildman–Crippen LogP) is 2.06. The van der Waals surface area contributed by atoms with Crippen molar-refractivity contribution in [1.29, 1.82) is 0 Å². The van der Waals surface area contributed by atoms with E-state index in [1.807, 2.05) is 32.0 Å². The Morgan fingerprint density at radius 2 is 2.20 bits per heavy atom. The van der Waals surface area contributed by atoms with Gasteiger partial charge in [-0.05, 0) is 30.7 Å². The fourth-order valence-electron chi connectivity index (χ4n) is 2.76. The smallest absolute Gasteiger partial charge is 0.356 e. The summed E-state index contributed by atoms with van der Waals surface area (Å²) in [5, 5.41) is 11.8. The van der Waals surface area contributed by atoms with Gasteiger partial charge in [0.05, 0.1) is 24.7 Å². The standard InChI is InChI=1S/C18H19N3O4/c1-11-5-12(13-7-19-8-14(21-13)17(23)24)3-4-15(11)25-10-18(2)6-16(22)20-9-18/h3-5,7-8H,6,9-10H2,1-2H3,(H,20,22)(H,23,24). The number of aromatic nitrogens is 2. The highest BCUT2D eigenvalue weighted by molar-refractivity contribution is 5.85. The average Bonchev–Trinajstić information content (AvgIpc) is 2.93. The lowest BCUT2D eigenvalue weighted by Gasteiger charge is -2.22. The normalized spacial score (nSPS) is 19.5. The fraction of sp³-hybridized carbons (Fsp3) is 0.333. The van der Waals surface area contributed by atoms with Gasteiger partial charge < -0.3 is 15.2 Å². The maximum Gasteiger partial charge on any atom is 0.356 e. The number of carboxylic acid groups (broad SMARTS) is 1. The van der Waals surface area contributed by atoms with Crippen molar-refractivity contribution in [2.24, 2.45) is 5.41 Å². The van der Waals surface area contributed by atoms with Crippen LogP contribution in [-0.4, -0.2) is 40.1 Å². The number of aromatic carboxylic acids is 1. The number of nitrogens with zero attached hydrogens (tertiary/aromatic N) is 2. The van der Waals surface area contributed by atoms with Crippen molar-refractivity contribution in [2.75, 3.05) is 13.2 Å². The monoisotopic (exact) mass is 341 g/mol. The van der Waals surface area contributed by atoms with Crippen LogP contribution in [0, 0.1) is 12.3 Å². The lowest BCUT2D eigenvalue weighted by molar-refractivity contribution is -0.119. The Morgan fingerprint density at radius 1 is 1.40 bits per heavy atom. The second-order valence-corrected chi connectivity index (χ2v) is 6.63. The third-order valence-corrected chi connectivity index (χ3v) is 4.20. The second kappa shape index (κ2) is 6.51. The molecular weight excluding hydrogens is 322 g/mol. The molecule has 1 aromatic carbocycles. The van der Waals surface area contributed by atoms with E-state index in [1.54, 1.807) is 0 Å². The van der Waals surface area contributed by atoms with Crippen molar-refractivity contribution in [3.63, 3.8) is 0 Å². The molecule has 1 atom stereocenters. The molecule has 7 nitrogen and oxygen atoms in total. The van der Waals surface area contributed by atoms with Crippen LogP contribution in [0.1, 0.15) is 29.4 Å². The van der Waals surface area contributed by atoms with Gasteiger partial charge in [0.15, 0.2) is 5.69 Å². The SMILES string of the molecule is Cc1cc(-c2cncc(C(=O)O)n2)ccc1OCC1(C)CNC(=O)C1. The number of rotatable bonds is 5. The minimum absolute atomic E-state index is 0.0510. The number of carbonyl (C=O) groups is 2. The third-order valence-electron chi connectivity index (χ3n) is 4.20. The first-order valence-corrected chi connectivity index (χ1v) is 7.92. The number of aryl methyl sites for hydroxylation is 1. The Kier molecular flexibility index (Phi) is 4.39. The molecule has 1 aromatic heterocycles. The van der Waals surface area contributed by atoms with Crippen LogP contribution in [0.25, 0.3) is 11.3 Å². The zero-order valence-corrected chi connectivity index (χ0v) is 14.1. The minimum atomic E-state index is -1.11. The van der Waals surface area contributed by atoms with E-state index in [9.17, 15) is 9.59 Å². The van der Waals surface area contributed by atoms with Crippen LogP contribution >= 0.6 is 0 Å². The van der Waals surface area contributed by atoms with Gasteiger partial charge in [-0.2, -0.15) is 0 Å². The molecule has 130 valence electrons. The summed E-state index contributed by atoms with van der Waals surface area (Å²) in [5.74, 6) is -0.333. The summed E-state index contributed by atoms with van der Waals surface area (Å²) in [6.45, 7) is 4.98. The zero-order chi connectivity index (χ0) is 18.0. The topological polar surface area (TPSA) is 101 Å². The van der Waals surface area contributed by atoms with E-state index in [2.05, 4.69) is 15.3 Å². The molecule has 1 aliphatic rings. The van der Waals surface area contributed by atoms with Crippen LogP contribution in [0.15, 0.2) is 30.6 Å². The van der Waals surface area contributed by atoms with Crippen molar-refractivity contribution >= 4 is 11.9 Å². The second-order valence-electron chi connectivity index (χ2n) is 6.63. The highest BCUT2D eigenvalue weighted by atomic mass is 16.5. The molecule has 25 heavy (non-hydrogen) atoms. The molecule has 2 aromatic rings. The van der Waals surface area contributed by atoms with E-state index in [4.69, 9.17) is 9.84 Å². The molecule has 0 bridgehead atoms. The molecule has 0 saturated carbocycles. The number of carbonyl (C=O) groups excluding carboxylic acids is 1. The molecule has 0 radical (unpaired) electrons. The highest BCUT2D eigenvalue weighted by Gasteiger charge is 2.34. The predicted molar refractivity (Wildman–Crippen MR) is 90.4 cm³/mol. The molecule has 2 N–H and O–H groups in total. The van der Waals surface area contributed by atoms with Gasteiger partial charge in [-0.25, -0.2) is 9.78 Å². The van der Waals surface area contributed by atoms with E-state index in [1.165, 1.54) is 12.4 Å². The number of ether oxygens (including phenoxy) is 1. The highest BCUT2D eigenvalue weighted by Crippen LogP contribution is 2.29. The van der Waals surface area contributed by atoms with Crippen LogP contribution in [0.2, 0.25) is 0 Å². The summed E-state index contributed by atoms with van der Waals surface area (Å²) < 4.78 is 5.90. The van der Waals surface area contributed by atoms with Crippen molar-refractivity contribution in [1.82, 2.24) is 15.3 Å². The Balaban J connectivity index is 1.76. The molecule has 1 saturated heterocycles. The minimum Gasteiger partial charge on any atom is -0.493 e. The van der Waals surface area contributed by atoms with E-state index in [0.29, 0.717) is 25.3 Å². The Hall–Kier alpha value is -2.96. The molecule has 1 fully saturated rings. The van der Waals surface area contributed by atoms with E-state index in [0.717, 1.165) is 16.9 Å². The largest absolute Gasteiger partial charge is 0.493 e. The molecule has 1 amide bonds. The quantitative estimate of drug-likeness (QED) is 0.863. The first kappa shape index (κ1) is 16.9. The van der Waals surface area contributed by atoms with Crippen LogP contribution in [0.3, 0.4) is 0 Å². The zero-order valence-electron chi connectivity index (χ0n) is 14.1. The summed E-state index contributed by atoms with van der Waals surface area (Å²) in [6.07, 6.45) is 3.20. The maximum atomic E-state index is 11.4. The number of carboxylic acids is 1. The average molecular weight is 341 g/mol. The summed E-state index contributed by atoms with van der Waals surface area (Å²) in [4.78, 5) is 30.4. The van der Waals surface area contributed by atoms with Gasteiger partial charge in [-0.15, -0.1) is 0 Å². The molecular formula is C18H19N3O4. The number of hydrogen-bond acceptors (Lipinski definition) is 5. The summed E-state index contributed by atoms with van der Waals surface area (Å²) in [7, 11) is 0. The molecule has 0 spiro atoms. The number of nitrogens with one attached hydrogen (secondary N) is 1. The molecule has 0 aliphatic carbocycles. The maximum absolute atomic E-state index is 11.4. The van der Waals surface area contributed by atoms with Gasteiger partial charge in [0, 0.05) is 23.9 Å². The molecule has 1 aliphatic heterocycles. The third kappa shape index (κ3) is 3.76. The Labute approximate surface area is 145 Å². The van der Waals surface area contributed by atoms with Gasteiger partial charge in [0.2, 0.25) is 5.91 Å². The Bertz CT molecular complexity index is 837. The molecule has 1 unspecified atom stereocenters. The van der Waals surface area contributed by atoms with Gasteiger partial charge in [-0.3, -0.25) is 9.78 Å². The fourth-order valence-corrected chi connectivity index (χ4v) is 2.76. The van der Waals surface area contributed by atoms with E-state index >= 15 is 0 Å². The molecule has 2 heterocycles. The van der Waals surface area contributed by atoms with E-state index in [-0.39, 0.29) is 17.0 Å². The van der Waals surface area contributed by atoms with Crippen molar-refractivity contribution in [3.05, 3.63) is 41.9 Å². The van der Waals surface area contributed by atoms with Gasteiger partial charge in [0.1, 0.15) is 5.75 Å². The van der Waals surface area contributed by atoms with Crippen LogP contribution in [0.5, 0.6) is 5.75 Å². The molecule has 3 rings (SSSR count). The van der Waals surface area contributed by atoms with Crippen LogP contribution < -0.4 is 10.1 Å². The Morgan fingerprint density at radius 3 is 2.84 bits per heavy atom. The lowest BCUT2D eigenvalue weighted by atomic mass is 9.91. The first-order valence-electron chi connectivity index (χ1n) is 7.92. The first-order chi connectivity index (χ1) is 11.9. The van der Waals surface area contributed by atoms with E-state index < -0.39 is 5.97 Å². The van der Waals surface area contributed by atoms with Gasteiger partial charge >= 0.3 is 5.97 Å². The summed E-state index contributed by atoms with van der Waals surface area (Å²) in [5.41, 5.74) is 1.86. The number of benzene rings is 1. The lowest BCUT2D eigenvalue weighted by Crippen LogP contribution is -2.27. The van der Waals surface area contributed by atoms with Gasteiger partial charge in [-0.1, -0.05) is 6.92 Å². The number of hydrogen-bond donors (Lipinski definition) is 2. The summed E-state index contributed by atoms with van der Waals surface area (Å²) in [6, 6.07) is 5.52. The van der Waals surface area contributed by atoms with Gasteiger partial charge in [0.25, 0.3) is 0 Å². The van der Waals surface area contributed by atoms with Crippen LogP contribution in [0.4, 0.5) is 0 Å². The number of amides is 1. The molecule has 7 heteroatoms.